The Hall–Kier alpha value is -1.32. The van der Waals surface area contributed by atoms with Crippen molar-refractivity contribution in [2.45, 2.75) is 119 Å². The van der Waals surface area contributed by atoms with Crippen LogP contribution in [0.25, 0.3) is 0 Å². The predicted octanol–water partition coefficient (Wildman–Crippen LogP) is 7.66. The minimum absolute atomic E-state index is 0.00466. The number of fused-ring (bicyclic) bond motifs is 7. The SMILES string of the molecule is C=C(C)[C@@H]1CC[C@]2(C(=O)O)CC[C@]3(C)[C@H](CCC4[C@@]5(C)CC[C@@H](OC(C)=O)C(C)(C)C5CC[C@]43C)C12. The molecule has 4 nitrogen and oxygen atoms in total. The Balaban J connectivity index is 1.52. The van der Waals surface area contributed by atoms with Gasteiger partial charge >= 0.3 is 11.9 Å². The average molecular weight is 499 g/mol. The molecular formula is C32H50O4. The van der Waals surface area contributed by atoms with Crippen LogP contribution in [0.5, 0.6) is 0 Å². The van der Waals surface area contributed by atoms with Gasteiger partial charge in [0, 0.05) is 12.3 Å². The van der Waals surface area contributed by atoms with Crippen molar-refractivity contribution in [3.05, 3.63) is 12.2 Å². The fourth-order valence-electron chi connectivity index (χ4n) is 11.9. The number of allylic oxidation sites excluding steroid dienone is 1. The first-order valence-corrected chi connectivity index (χ1v) is 14.7. The Morgan fingerprint density at radius 2 is 1.50 bits per heavy atom. The molecule has 202 valence electrons. The van der Waals surface area contributed by atoms with Crippen LogP contribution < -0.4 is 0 Å². The molecule has 0 radical (unpaired) electrons. The molecule has 0 spiro atoms. The second kappa shape index (κ2) is 8.09. The van der Waals surface area contributed by atoms with Crippen molar-refractivity contribution in [1.29, 1.82) is 0 Å². The Morgan fingerprint density at radius 1 is 0.806 bits per heavy atom. The molecule has 3 unspecified atom stereocenters. The number of hydrogen-bond acceptors (Lipinski definition) is 3. The summed E-state index contributed by atoms with van der Waals surface area (Å²) >= 11 is 0. The minimum atomic E-state index is -0.553. The maximum atomic E-state index is 12.8. The molecule has 5 aliphatic rings. The zero-order valence-corrected chi connectivity index (χ0v) is 23.9. The molecule has 4 heteroatoms. The number of carboxylic acids is 1. The molecule has 36 heavy (non-hydrogen) atoms. The van der Waals surface area contributed by atoms with Gasteiger partial charge in [0.1, 0.15) is 6.10 Å². The molecule has 0 saturated heterocycles. The second-order valence-electron chi connectivity index (χ2n) is 15.1. The van der Waals surface area contributed by atoms with Gasteiger partial charge in [-0.2, -0.15) is 0 Å². The van der Waals surface area contributed by atoms with E-state index in [1.54, 1.807) is 6.92 Å². The summed E-state index contributed by atoms with van der Waals surface area (Å²) in [5.74, 6) is 1.49. The van der Waals surface area contributed by atoms with Crippen molar-refractivity contribution in [2.24, 2.45) is 56.7 Å². The standard InChI is InChI=1S/C32H50O4/c1-19(2)21-11-16-32(27(34)35)18-17-30(7)22(26(21)32)9-10-24-29(6)14-13-25(36-20(3)33)28(4,5)23(29)12-15-31(24,30)8/h21-26H,1,9-18H2,2-8H3,(H,34,35)/t21-,22+,23?,24?,25+,26?,29-,30+,31+,32-/m0/s1. The van der Waals surface area contributed by atoms with Crippen molar-refractivity contribution < 1.29 is 19.4 Å². The summed E-state index contributed by atoms with van der Waals surface area (Å²) in [4.78, 5) is 24.7. The summed E-state index contributed by atoms with van der Waals surface area (Å²) in [6.07, 6.45) is 10.5. The molecule has 10 atom stereocenters. The van der Waals surface area contributed by atoms with E-state index in [9.17, 15) is 14.7 Å². The van der Waals surface area contributed by atoms with Crippen LogP contribution >= 0.6 is 0 Å². The fraction of sp³-hybridized carbons (Fsp3) is 0.875. The Kier molecular flexibility index (Phi) is 5.91. The van der Waals surface area contributed by atoms with Crippen LogP contribution in [0, 0.1) is 56.7 Å². The lowest BCUT2D eigenvalue weighted by Gasteiger charge is -2.72. The summed E-state index contributed by atoms with van der Waals surface area (Å²) in [5, 5.41) is 10.5. The Morgan fingerprint density at radius 3 is 2.11 bits per heavy atom. The van der Waals surface area contributed by atoms with Gasteiger partial charge in [-0.3, -0.25) is 9.59 Å². The lowest BCUT2D eigenvalue weighted by Crippen LogP contribution is -2.67. The summed E-state index contributed by atoms with van der Waals surface area (Å²) in [7, 11) is 0. The van der Waals surface area contributed by atoms with Crippen LogP contribution in [0.3, 0.4) is 0 Å². The lowest BCUT2D eigenvalue weighted by atomic mass is 9.32. The number of ether oxygens (including phenoxy) is 1. The highest BCUT2D eigenvalue weighted by molar-refractivity contribution is 5.76. The number of hydrogen-bond donors (Lipinski definition) is 1. The topological polar surface area (TPSA) is 63.6 Å². The summed E-state index contributed by atoms with van der Waals surface area (Å²) in [6, 6.07) is 0. The lowest BCUT2D eigenvalue weighted by molar-refractivity contribution is -0.250. The minimum Gasteiger partial charge on any atom is -0.481 e. The van der Waals surface area contributed by atoms with E-state index in [0.29, 0.717) is 23.7 Å². The summed E-state index contributed by atoms with van der Waals surface area (Å²) in [5.41, 5.74) is 1.20. The van der Waals surface area contributed by atoms with Gasteiger partial charge in [-0.1, -0.05) is 46.8 Å². The molecule has 5 fully saturated rings. The number of carbonyl (C=O) groups excluding carboxylic acids is 1. The molecule has 0 aromatic rings. The van der Waals surface area contributed by atoms with Crippen LogP contribution in [0.2, 0.25) is 0 Å². The molecule has 0 heterocycles. The van der Waals surface area contributed by atoms with E-state index in [0.717, 1.165) is 44.9 Å². The largest absolute Gasteiger partial charge is 0.481 e. The van der Waals surface area contributed by atoms with E-state index < -0.39 is 11.4 Å². The number of rotatable bonds is 3. The quantitative estimate of drug-likeness (QED) is 0.320. The molecule has 0 aromatic carbocycles. The molecule has 1 N–H and O–H groups in total. The normalized spacial score (nSPS) is 51.2. The van der Waals surface area contributed by atoms with Crippen molar-refractivity contribution >= 4 is 11.9 Å². The third-order valence-corrected chi connectivity index (χ3v) is 13.7. The van der Waals surface area contributed by atoms with Gasteiger partial charge < -0.3 is 9.84 Å². The third-order valence-electron chi connectivity index (χ3n) is 13.7. The predicted molar refractivity (Wildman–Crippen MR) is 142 cm³/mol. The second-order valence-corrected chi connectivity index (χ2v) is 15.1. The molecular weight excluding hydrogens is 448 g/mol. The molecule has 0 aliphatic heterocycles. The van der Waals surface area contributed by atoms with Gasteiger partial charge in [0.05, 0.1) is 5.41 Å². The van der Waals surface area contributed by atoms with Crippen molar-refractivity contribution in [2.75, 3.05) is 0 Å². The highest BCUT2D eigenvalue weighted by Gasteiger charge is 2.72. The monoisotopic (exact) mass is 498 g/mol. The van der Waals surface area contributed by atoms with Gasteiger partial charge in [0.25, 0.3) is 0 Å². The number of aliphatic carboxylic acids is 1. The van der Waals surface area contributed by atoms with Crippen LogP contribution in [-0.4, -0.2) is 23.1 Å². The maximum Gasteiger partial charge on any atom is 0.309 e. The number of carboxylic acid groups (broad SMARTS) is 1. The van der Waals surface area contributed by atoms with E-state index in [1.165, 1.54) is 24.8 Å². The van der Waals surface area contributed by atoms with Crippen LogP contribution in [0.15, 0.2) is 12.2 Å². The zero-order chi connectivity index (χ0) is 26.5. The van der Waals surface area contributed by atoms with Gasteiger partial charge in [-0.15, -0.1) is 0 Å². The van der Waals surface area contributed by atoms with Crippen molar-refractivity contribution in [3.8, 4) is 0 Å². The first-order chi connectivity index (χ1) is 16.6. The van der Waals surface area contributed by atoms with E-state index in [-0.39, 0.29) is 39.7 Å². The molecule has 0 amide bonds. The van der Waals surface area contributed by atoms with Crippen LogP contribution in [0.4, 0.5) is 0 Å². The maximum absolute atomic E-state index is 12.8. The first kappa shape index (κ1) is 26.3. The fourth-order valence-corrected chi connectivity index (χ4v) is 11.9. The number of carbonyl (C=O) groups is 2. The molecule has 5 aliphatic carbocycles. The Bertz CT molecular complexity index is 967. The van der Waals surface area contributed by atoms with E-state index in [1.807, 2.05) is 0 Å². The van der Waals surface area contributed by atoms with E-state index in [4.69, 9.17) is 4.74 Å². The van der Waals surface area contributed by atoms with Gasteiger partial charge in [-0.05, 0) is 117 Å². The van der Waals surface area contributed by atoms with Gasteiger partial charge in [0.2, 0.25) is 0 Å². The van der Waals surface area contributed by atoms with Crippen LogP contribution in [0.1, 0.15) is 113 Å². The van der Waals surface area contributed by atoms with Gasteiger partial charge in [-0.25, -0.2) is 0 Å². The average Bonchev–Trinajstić information content (AvgIpc) is 3.17. The van der Waals surface area contributed by atoms with Crippen molar-refractivity contribution in [1.82, 2.24) is 0 Å². The smallest absolute Gasteiger partial charge is 0.309 e. The van der Waals surface area contributed by atoms with Crippen molar-refractivity contribution in [3.63, 3.8) is 0 Å². The Labute approximate surface area is 219 Å². The molecule has 0 aromatic heterocycles. The molecule has 0 bridgehead atoms. The number of esters is 1. The summed E-state index contributed by atoms with van der Waals surface area (Å²) in [6.45, 7) is 20.4. The van der Waals surface area contributed by atoms with Crippen LogP contribution in [-0.2, 0) is 14.3 Å². The first-order valence-electron chi connectivity index (χ1n) is 14.7. The summed E-state index contributed by atoms with van der Waals surface area (Å²) < 4.78 is 5.88. The highest BCUT2D eigenvalue weighted by Crippen LogP contribution is 2.77. The highest BCUT2D eigenvalue weighted by atomic mass is 16.5. The molecule has 5 saturated carbocycles. The van der Waals surface area contributed by atoms with E-state index >= 15 is 0 Å². The van der Waals surface area contributed by atoms with E-state index in [2.05, 4.69) is 48.1 Å². The third kappa shape index (κ3) is 3.17. The zero-order valence-electron chi connectivity index (χ0n) is 23.9. The van der Waals surface area contributed by atoms with Gasteiger partial charge in [0.15, 0.2) is 0 Å². The molecule has 5 rings (SSSR count).